The van der Waals surface area contributed by atoms with Crippen molar-refractivity contribution in [2.45, 2.75) is 13.8 Å². The molecule has 4 rings (SSSR count). The van der Waals surface area contributed by atoms with Crippen LogP contribution in [0.3, 0.4) is 0 Å². The van der Waals surface area contributed by atoms with E-state index in [4.69, 9.17) is 4.74 Å². The van der Waals surface area contributed by atoms with E-state index in [1.165, 1.54) is 5.56 Å². The minimum Gasteiger partial charge on any atom is -0.484 e. The molecule has 1 aliphatic heterocycles. The van der Waals surface area contributed by atoms with E-state index in [9.17, 15) is 4.79 Å². The maximum atomic E-state index is 12.5. The molecule has 1 fully saturated rings. The van der Waals surface area contributed by atoms with Crippen molar-refractivity contribution in [3.05, 3.63) is 59.0 Å². The highest BCUT2D eigenvalue weighted by Gasteiger charge is 2.22. The lowest BCUT2D eigenvalue weighted by Crippen LogP contribution is -2.50. The summed E-state index contributed by atoms with van der Waals surface area (Å²) in [5.74, 6) is 1.64. The molecule has 0 radical (unpaired) electrons. The fourth-order valence-corrected chi connectivity index (χ4v) is 4.12. The molecule has 0 unspecified atom stereocenters. The molecular formula is C22H24N4O2S. The summed E-state index contributed by atoms with van der Waals surface area (Å²) in [7, 11) is 0. The Labute approximate surface area is 174 Å². The van der Waals surface area contributed by atoms with E-state index >= 15 is 0 Å². The molecule has 0 spiro atoms. The van der Waals surface area contributed by atoms with Gasteiger partial charge in [-0.1, -0.05) is 23.8 Å². The standard InChI is InChI=1S/C22H24N4O2S/c1-16-5-7-19(17(2)14-16)28-15-22(27)26-11-9-25(10-12-26)21-8-6-18(23-24-21)20-4-3-13-29-20/h3-8,13-14H,9-12,15H2,1-2H3. The van der Waals surface area contributed by atoms with Gasteiger partial charge in [0.1, 0.15) is 11.4 Å². The van der Waals surface area contributed by atoms with Crippen LogP contribution >= 0.6 is 11.3 Å². The largest absolute Gasteiger partial charge is 0.484 e. The van der Waals surface area contributed by atoms with Gasteiger partial charge < -0.3 is 14.5 Å². The maximum absolute atomic E-state index is 12.5. The monoisotopic (exact) mass is 408 g/mol. The quantitative estimate of drug-likeness (QED) is 0.646. The van der Waals surface area contributed by atoms with Gasteiger partial charge in [-0.3, -0.25) is 4.79 Å². The maximum Gasteiger partial charge on any atom is 0.260 e. The normalized spacial score (nSPS) is 14.1. The first-order valence-corrected chi connectivity index (χ1v) is 10.6. The number of hydrogen-bond acceptors (Lipinski definition) is 6. The molecule has 1 aliphatic rings. The number of amides is 1. The molecule has 2 aromatic heterocycles. The number of hydrogen-bond donors (Lipinski definition) is 0. The number of carbonyl (C=O) groups is 1. The zero-order valence-corrected chi connectivity index (χ0v) is 17.5. The van der Waals surface area contributed by atoms with Crippen LogP contribution in [0.25, 0.3) is 10.6 Å². The molecule has 150 valence electrons. The van der Waals surface area contributed by atoms with Crippen molar-refractivity contribution >= 4 is 23.1 Å². The number of ether oxygens (including phenoxy) is 1. The Kier molecular flexibility index (Phi) is 5.76. The number of aromatic nitrogens is 2. The fraction of sp³-hybridized carbons (Fsp3) is 0.318. The van der Waals surface area contributed by atoms with E-state index in [-0.39, 0.29) is 12.5 Å². The molecule has 0 atom stereocenters. The molecule has 29 heavy (non-hydrogen) atoms. The van der Waals surface area contributed by atoms with Gasteiger partial charge in [0.25, 0.3) is 5.91 Å². The average molecular weight is 409 g/mol. The third-order valence-electron chi connectivity index (χ3n) is 5.06. The van der Waals surface area contributed by atoms with E-state index in [1.807, 2.05) is 60.5 Å². The highest BCUT2D eigenvalue weighted by atomic mass is 32.1. The van der Waals surface area contributed by atoms with Gasteiger partial charge in [0, 0.05) is 26.2 Å². The first-order chi connectivity index (χ1) is 14.1. The lowest BCUT2D eigenvalue weighted by atomic mass is 10.1. The summed E-state index contributed by atoms with van der Waals surface area (Å²) in [6.07, 6.45) is 0. The highest BCUT2D eigenvalue weighted by Crippen LogP contribution is 2.23. The van der Waals surface area contributed by atoms with Crippen molar-refractivity contribution in [2.24, 2.45) is 0 Å². The lowest BCUT2D eigenvalue weighted by Gasteiger charge is -2.35. The van der Waals surface area contributed by atoms with Crippen LogP contribution < -0.4 is 9.64 Å². The first-order valence-electron chi connectivity index (χ1n) is 9.70. The molecule has 3 aromatic rings. The molecule has 6 nitrogen and oxygen atoms in total. The highest BCUT2D eigenvalue weighted by molar-refractivity contribution is 7.13. The van der Waals surface area contributed by atoms with E-state index in [1.54, 1.807) is 11.3 Å². The number of aryl methyl sites for hydroxylation is 2. The summed E-state index contributed by atoms with van der Waals surface area (Å²) in [4.78, 5) is 17.7. The summed E-state index contributed by atoms with van der Waals surface area (Å²) < 4.78 is 5.74. The van der Waals surface area contributed by atoms with Gasteiger partial charge in [0.15, 0.2) is 12.4 Å². The van der Waals surface area contributed by atoms with Crippen LogP contribution in [-0.2, 0) is 4.79 Å². The number of thiophene rings is 1. The summed E-state index contributed by atoms with van der Waals surface area (Å²) in [5.41, 5.74) is 3.12. The molecule has 1 saturated heterocycles. The number of carbonyl (C=O) groups excluding carboxylic acids is 1. The van der Waals surface area contributed by atoms with Gasteiger partial charge in [-0.25, -0.2) is 0 Å². The molecule has 0 bridgehead atoms. The molecule has 7 heteroatoms. The number of anilines is 1. The van der Waals surface area contributed by atoms with Crippen molar-refractivity contribution in [1.82, 2.24) is 15.1 Å². The Morgan fingerprint density at radius 2 is 1.90 bits per heavy atom. The number of nitrogens with zero attached hydrogens (tertiary/aromatic N) is 4. The van der Waals surface area contributed by atoms with Crippen molar-refractivity contribution in [3.8, 4) is 16.3 Å². The number of rotatable bonds is 5. The van der Waals surface area contributed by atoms with Crippen LogP contribution in [0.15, 0.2) is 47.8 Å². The van der Waals surface area contributed by atoms with Crippen molar-refractivity contribution in [1.29, 1.82) is 0 Å². The van der Waals surface area contributed by atoms with Crippen molar-refractivity contribution in [3.63, 3.8) is 0 Å². The predicted molar refractivity (Wildman–Crippen MR) is 116 cm³/mol. The zero-order valence-electron chi connectivity index (χ0n) is 16.7. The van der Waals surface area contributed by atoms with E-state index < -0.39 is 0 Å². The Morgan fingerprint density at radius 3 is 2.55 bits per heavy atom. The van der Waals surface area contributed by atoms with E-state index in [0.29, 0.717) is 13.1 Å². The summed E-state index contributed by atoms with van der Waals surface area (Å²) in [6.45, 7) is 6.90. The third-order valence-corrected chi connectivity index (χ3v) is 5.95. The number of piperazine rings is 1. The summed E-state index contributed by atoms with van der Waals surface area (Å²) >= 11 is 1.65. The minimum atomic E-state index is 0.0174. The van der Waals surface area contributed by atoms with Crippen LogP contribution in [0.1, 0.15) is 11.1 Å². The first kappa shape index (κ1) is 19.4. The van der Waals surface area contributed by atoms with Crippen LogP contribution in [0.4, 0.5) is 5.82 Å². The van der Waals surface area contributed by atoms with Crippen LogP contribution in [0.2, 0.25) is 0 Å². The second kappa shape index (κ2) is 8.61. The Hall–Kier alpha value is -2.93. The molecular weight excluding hydrogens is 384 g/mol. The molecule has 0 N–H and O–H groups in total. The van der Waals surface area contributed by atoms with Gasteiger partial charge in [0.05, 0.1) is 4.88 Å². The lowest BCUT2D eigenvalue weighted by molar-refractivity contribution is -0.133. The summed E-state index contributed by atoms with van der Waals surface area (Å²) in [5, 5.41) is 10.8. The van der Waals surface area contributed by atoms with Gasteiger partial charge in [0.2, 0.25) is 0 Å². The van der Waals surface area contributed by atoms with Gasteiger partial charge in [-0.15, -0.1) is 21.5 Å². The summed E-state index contributed by atoms with van der Waals surface area (Å²) in [6, 6.07) is 14.0. The third kappa shape index (κ3) is 4.56. The van der Waals surface area contributed by atoms with Crippen LogP contribution in [0.5, 0.6) is 5.75 Å². The average Bonchev–Trinajstić information content (AvgIpc) is 3.28. The molecule has 0 aliphatic carbocycles. The minimum absolute atomic E-state index is 0.0174. The van der Waals surface area contributed by atoms with E-state index in [2.05, 4.69) is 21.2 Å². The predicted octanol–water partition coefficient (Wildman–Crippen LogP) is 3.55. The zero-order chi connectivity index (χ0) is 20.2. The van der Waals surface area contributed by atoms with E-state index in [0.717, 1.165) is 40.8 Å². The Balaban J connectivity index is 1.29. The fourth-order valence-electron chi connectivity index (χ4n) is 3.43. The molecule has 1 aromatic carbocycles. The Bertz CT molecular complexity index is 965. The second-order valence-corrected chi connectivity index (χ2v) is 8.13. The number of benzene rings is 1. The van der Waals surface area contributed by atoms with Gasteiger partial charge in [-0.2, -0.15) is 0 Å². The smallest absolute Gasteiger partial charge is 0.260 e. The molecule has 1 amide bonds. The molecule has 3 heterocycles. The topological polar surface area (TPSA) is 58.6 Å². The SMILES string of the molecule is Cc1ccc(OCC(=O)N2CCN(c3ccc(-c4cccs4)nn3)CC2)c(C)c1. The van der Waals surface area contributed by atoms with Crippen LogP contribution in [0, 0.1) is 13.8 Å². The van der Waals surface area contributed by atoms with Crippen LogP contribution in [-0.4, -0.2) is 53.8 Å². The van der Waals surface area contributed by atoms with Crippen molar-refractivity contribution < 1.29 is 9.53 Å². The van der Waals surface area contributed by atoms with Crippen molar-refractivity contribution in [2.75, 3.05) is 37.7 Å². The second-order valence-electron chi connectivity index (χ2n) is 7.18. The Morgan fingerprint density at radius 1 is 1.07 bits per heavy atom. The van der Waals surface area contributed by atoms with Gasteiger partial charge in [-0.05, 0) is 49.1 Å². The van der Waals surface area contributed by atoms with Gasteiger partial charge >= 0.3 is 0 Å². The molecule has 0 saturated carbocycles.